The van der Waals surface area contributed by atoms with Crippen LogP contribution in [0.2, 0.25) is 0 Å². The molecule has 3 saturated carbocycles. The summed E-state index contributed by atoms with van der Waals surface area (Å²) in [5.74, 6) is 2.15. The molecule has 3 aliphatic carbocycles. The zero-order chi connectivity index (χ0) is 18.0. The van der Waals surface area contributed by atoms with Crippen LogP contribution < -0.4 is 4.90 Å². The SMILES string of the molecule is COC1CCC2C(C(=O)C3C4C(CC[NH+]3C)CC3OCOC3C24)C1OC. The minimum atomic E-state index is -0.136. The van der Waals surface area contributed by atoms with E-state index in [-0.39, 0.29) is 36.4 Å². The van der Waals surface area contributed by atoms with Gasteiger partial charge in [-0.15, -0.1) is 0 Å². The molecule has 1 N–H and O–H groups in total. The first-order chi connectivity index (χ1) is 12.7. The van der Waals surface area contributed by atoms with Crippen molar-refractivity contribution in [3.8, 4) is 0 Å². The number of ketones is 1. The maximum Gasteiger partial charge on any atom is 0.196 e. The number of carbonyl (C=O) groups is 1. The van der Waals surface area contributed by atoms with Gasteiger partial charge in [0.15, 0.2) is 11.8 Å². The van der Waals surface area contributed by atoms with E-state index >= 15 is 0 Å². The Hall–Kier alpha value is -0.530. The second kappa shape index (κ2) is 6.52. The summed E-state index contributed by atoms with van der Waals surface area (Å²) in [6, 6.07) is 0.0819. The molecule has 0 amide bonds. The molecule has 26 heavy (non-hydrogen) atoms. The Balaban J connectivity index is 1.57. The Kier molecular flexibility index (Phi) is 4.40. The second-order valence-electron chi connectivity index (χ2n) is 9.11. The standard InChI is InChI=1S/C20H31NO5/c1-21-7-6-10-8-13-20(26-9-25-13)15-11-4-5-12(23-2)19(24-3)16(11)18(22)17(21)14(10)15/h10-17,19-20H,4-9H2,1-3H3/p+1. The van der Waals surface area contributed by atoms with Crippen LogP contribution in [0.5, 0.6) is 0 Å². The number of rotatable bonds is 2. The largest absolute Gasteiger partial charge is 0.379 e. The van der Waals surface area contributed by atoms with Crippen molar-refractivity contribution in [1.29, 1.82) is 0 Å². The number of ether oxygens (including phenoxy) is 4. The first-order valence-corrected chi connectivity index (χ1v) is 10.3. The van der Waals surface area contributed by atoms with Crippen molar-refractivity contribution in [3.05, 3.63) is 0 Å². The van der Waals surface area contributed by atoms with Crippen molar-refractivity contribution < 1.29 is 28.6 Å². The Morgan fingerprint density at radius 1 is 1.08 bits per heavy atom. The molecule has 0 aromatic heterocycles. The van der Waals surface area contributed by atoms with Crippen molar-refractivity contribution in [1.82, 2.24) is 0 Å². The van der Waals surface area contributed by atoms with Gasteiger partial charge in [0, 0.05) is 26.1 Å². The summed E-state index contributed by atoms with van der Waals surface area (Å²) in [7, 11) is 5.68. The molecule has 2 saturated heterocycles. The van der Waals surface area contributed by atoms with E-state index in [1.165, 1.54) is 11.3 Å². The van der Waals surface area contributed by atoms with Gasteiger partial charge in [-0.25, -0.2) is 0 Å². The van der Waals surface area contributed by atoms with Gasteiger partial charge in [0.2, 0.25) is 0 Å². The van der Waals surface area contributed by atoms with Gasteiger partial charge in [-0.05, 0) is 37.5 Å². The highest BCUT2D eigenvalue weighted by molar-refractivity contribution is 5.87. The zero-order valence-electron chi connectivity index (χ0n) is 16.1. The third-order valence-corrected chi connectivity index (χ3v) is 8.31. The number of Topliss-reactive ketones (excluding diaryl/α,β-unsaturated/α-hetero) is 1. The predicted octanol–water partition coefficient (Wildman–Crippen LogP) is -0.0939. The normalized spacial score (nSPS) is 55.8. The number of quaternary nitrogens is 1. The molecule has 2 aliphatic heterocycles. The van der Waals surface area contributed by atoms with E-state index in [2.05, 4.69) is 7.05 Å². The van der Waals surface area contributed by atoms with Gasteiger partial charge in [-0.1, -0.05) is 0 Å². The number of likely N-dealkylation sites (tertiary alicyclic amines) is 1. The maximum absolute atomic E-state index is 13.7. The van der Waals surface area contributed by atoms with Crippen LogP contribution in [-0.4, -0.2) is 70.8 Å². The first kappa shape index (κ1) is 17.6. The summed E-state index contributed by atoms with van der Waals surface area (Å²) >= 11 is 0. The molecular formula is C20H32NO5+. The van der Waals surface area contributed by atoms with Crippen LogP contribution in [0.3, 0.4) is 0 Å². The number of piperidine rings is 1. The molecule has 5 rings (SSSR count). The lowest BCUT2D eigenvalue weighted by Crippen LogP contribution is -3.17. The molecule has 6 heteroatoms. The van der Waals surface area contributed by atoms with Crippen molar-refractivity contribution >= 4 is 5.78 Å². The van der Waals surface area contributed by atoms with Gasteiger partial charge in [0.25, 0.3) is 0 Å². The number of nitrogens with one attached hydrogen (secondary N) is 1. The first-order valence-electron chi connectivity index (χ1n) is 10.3. The van der Waals surface area contributed by atoms with Crippen molar-refractivity contribution in [2.45, 2.75) is 56.1 Å². The van der Waals surface area contributed by atoms with E-state index in [1.807, 2.05) is 0 Å². The highest BCUT2D eigenvalue weighted by Gasteiger charge is 2.66. The topological polar surface area (TPSA) is 58.4 Å². The molecule has 11 unspecified atom stereocenters. The smallest absolute Gasteiger partial charge is 0.196 e. The van der Waals surface area contributed by atoms with Gasteiger partial charge < -0.3 is 23.8 Å². The summed E-state index contributed by atoms with van der Waals surface area (Å²) in [6.07, 6.45) is 4.51. The zero-order valence-corrected chi connectivity index (χ0v) is 16.1. The molecule has 5 fully saturated rings. The average Bonchev–Trinajstić information content (AvgIpc) is 3.12. The molecule has 6 nitrogen and oxygen atoms in total. The highest BCUT2D eigenvalue weighted by atomic mass is 16.7. The summed E-state index contributed by atoms with van der Waals surface area (Å²) in [6.45, 7) is 1.49. The molecule has 0 bridgehead atoms. The van der Waals surface area contributed by atoms with Crippen LogP contribution in [0.15, 0.2) is 0 Å². The molecule has 5 aliphatic rings. The van der Waals surface area contributed by atoms with Gasteiger partial charge in [-0.2, -0.15) is 0 Å². The van der Waals surface area contributed by atoms with Crippen LogP contribution in [0, 0.1) is 29.6 Å². The number of hydrogen-bond acceptors (Lipinski definition) is 5. The lowest BCUT2D eigenvalue weighted by Gasteiger charge is -2.59. The van der Waals surface area contributed by atoms with Crippen LogP contribution >= 0.6 is 0 Å². The number of fused-ring (bicyclic) bond motifs is 4. The molecular weight excluding hydrogens is 334 g/mol. The van der Waals surface area contributed by atoms with Crippen molar-refractivity contribution in [3.63, 3.8) is 0 Å². The second-order valence-corrected chi connectivity index (χ2v) is 9.11. The average molecular weight is 366 g/mol. The molecule has 0 aromatic rings. The van der Waals surface area contributed by atoms with E-state index in [9.17, 15) is 4.79 Å². The summed E-state index contributed by atoms with van der Waals surface area (Å²) < 4.78 is 23.7. The third kappa shape index (κ3) is 2.32. The lowest BCUT2D eigenvalue weighted by atomic mass is 9.49. The lowest BCUT2D eigenvalue weighted by molar-refractivity contribution is -0.909. The number of carbonyl (C=O) groups excluding carboxylic acids is 1. The van der Waals surface area contributed by atoms with Crippen molar-refractivity contribution in [2.24, 2.45) is 29.6 Å². The summed E-state index contributed by atoms with van der Waals surface area (Å²) in [5.41, 5.74) is 0. The summed E-state index contributed by atoms with van der Waals surface area (Å²) in [5, 5.41) is 0. The summed E-state index contributed by atoms with van der Waals surface area (Å²) in [4.78, 5) is 15.1. The van der Waals surface area contributed by atoms with Crippen LogP contribution in [0.25, 0.3) is 0 Å². The molecule has 0 radical (unpaired) electrons. The monoisotopic (exact) mass is 366 g/mol. The highest BCUT2D eigenvalue weighted by Crippen LogP contribution is 2.55. The molecule has 146 valence electrons. The van der Waals surface area contributed by atoms with Crippen LogP contribution in [0.4, 0.5) is 0 Å². The molecule has 11 atom stereocenters. The molecule has 0 aromatic carbocycles. The molecule has 0 spiro atoms. The fraction of sp³-hybridized carbons (Fsp3) is 0.950. The van der Waals surface area contributed by atoms with Gasteiger partial charge in [-0.3, -0.25) is 4.79 Å². The molecule has 2 heterocycles. The van der Waals surface area contributed by atoms with Gasteiger partial charge >= 0.3 is 0 Å². The van der Waals surface area contributed by atoms with Gasteiger partial charge in [0.1, 0.15) is 6.79 Å². The quantitative estimate of drug-likeness (QED) is 0.740. The third-order valence-electron chi connectivity index (χ3n) is 8.31. The van der Waals surface area contributed by atoms with E-state index in [0.29, 0.717) is 36.2 Å². The predicted molar refractivity (Wildman–Crippen MR) is 92.7 cm³/mol. The van der Waals surface area contributed by atoms with E-state index in [4.69, 9.17) is 18.9 Å². The minimum Gasteiger partial charge on any atom is -0.379 e. The van der Waals surface area contributed by atoms with E-state index < -0.39 is 0 Å². The Morgan fingerprint density at radius 2 is 1.92 bits per heavy atom. The Morgan fingerprint density at radius 3 is 2.69 bits per heavy atom. The van der Waals surface area contributed by atoms with Crippen LogP contribution in [0.1, 0.15) is 25.7 Å². The number of likely N-dealkylation sites (N-methyl/N-ethyl adjacent to an activating group) is 1. The number of methoxy groups -OCH3 is 2. The fourth-order valence-electron chi connectivity index (χ4n) is 7.36. The minimum absolute atomic E-state index is 0.0153. The van der Waals surface area contributed by atoms with Crippen LogP contribution in [-0.2, 0) is 23.7 Å². The Labute approximate surface area is 155 Å². The fourth-order valence-corrected chi connectivity index (χ4v) is 7.36. The number of hydrogen-bond donors (Lipinski definition) is 1. The van der Waals surface area contributed by atoms with Crippen molar-refractivity contribution in [2.75, 3.05) is 34.6 Å². The van der Waals surface area contributed by atoms with E-state index in [0.717, 1.165) is 25.8 Å². The Bertz CT molecular complexity index is 570. The maximum atomic E-state index is 13.7. The van der Waals surface area contributed by atoms with E-state index in [1.54, 1.807) is 14.2 Å². The van der Waals surface area contributed by atoms with Gasteiger partial charge in [0.05, 0.1) is 43.9 Å².